The molecule has 0 radical (unpaired) electrons. The number of benzene rings is 2. The Balaban J connectivity index is 1.34. The summed E-state index contributed by atoms with van der Waals surface area (Å²) in [6.45, 7) is 1.54. The summed E-state index contributed by atoms with van der Waals surface area (Å²) in [5, 5.41) is 9.92. The molecule has 1 N–H and O–H groups in total. The number of hydrazone groups is 1. The molecule has 8 heteroatoms. The molecule has 0 aliphatic carbocycles. The number of carbonyl (C=O) groups excluding carboxylic acids is 2. The van der Waals surface area contributed by atoms with Crippen LogP contribution in [0.25, 0.3) is 0 Å². The zero-order valence-electron chi connectivity index (χ0n) is 18.6. The second kappa shape index (κ2) is 9.73. The molecular weight excluding hydrogens is 452 g/mol. The Morgan fingerprint density at radius 1 is 1.03 bits per heavy atom. The molecule has 3 aromatic rings. The normalized spacial score (nSPS) is 17.7. The highest BCUT2D eigenvalue weighted by atomic mass is 35.5. The molecule has 0 spiro atoms. The number of nitrogens with one attached hydrogen (secondary N) is 1. The first-order chi connectivity index (χ1) is 16.6. The Morgan fingerprint density at radius 2 is 1.79 bits per heavy atom. The minimum Gasteiger partial charge on any atom is -0.467 e. The summed E-state index contributed by atoms with van der Waals surface area (Å²) in [5.74, 6) is 0.449. The molecule has 1 atom stereocenters. The molecule has 1 aromatic heterocycles. The van der Waals surface area contributed by atoms with Gasteiger partial charge in [-0.25, -0.2) is 5.01 Å². The Bertz CT molecular complexity index is 1200. The van der Waals surface area contributed by atoms with Crippen LogP contribution in [0.5, 0.6) is 0 Å². The van der Waals surface area contributed by atoms with E-state index in [9.17, 15) is 9.59 Å². The fourth-order valence-corrected chi connectivity index (χ4v) is 4.55. The molecule has 5 rings (SSSR count). The van der Waals surface area contributed by atoms with Gasteiger partial charge in [0.2, 0.25) is 0 Å². The lowest BCUT2D eigenvalue weighted by atomic mass is 10.0. The van der Waals surface area contributed by atoms with Crippen LogP contribution in [0.2, 0.25) is 5.02 Å². The van der Waals surface area contributed by atoms with E-state index >= 15 is 0 Å². The maximum Gasteiger partial charge on any atom is 0.262 e. The zero-order valence-corrected chi connectivity index (χ0v) is 19.4. The van der Waals surface area contributed by atoms with Gasteiger partial charge in [-0.05, 0) is 54.8 Å². The molecule has 174 valence electrons. The van der Waals surface area contributed by atoms with E-state index in [4.69, 9.17) is 16.0 Å². The second-order valence-corrected chi connectivity index (χ2v) is 8.86. The average molecular weight is 477 g/mol. The van der Waals surface area contributed by atoms with Crippen LogP contribution in [0.3, 0.4) is 0 Å². The fourth-order valence-electron chi connectivity index (χ4n) is 4.43. The summed E-state index contributed by atoms with van der Waals surface area (Å²) in [6.07, 6.45) is 4.18. The summed E-state index contributed by atoms with van der Waals surface area (Å²) < 4.78 is 5.61. The van der Waals surface area contributed by atoms with E-state index in [1.165, 1.54) is 5.01 Å². The third-order valence-electron chi connectivity index (χ3n) is 6.20. The smallest absolute Gasteiger partial charge is 0.262 e. The first-order valence-corrected chi connectivity index (χ1v) is 11.8. The Kier molecular flexibility index (Phi) is 6.36. The number of halogens is 1. The van der Waals surface area contributed by atoms with E-state index < -0.39 is 0 Å². The van der Waals surface area contributed by atoms with Crippen LogP contribution in [0.4, 0.5) is 5.69 Å². The number of hydrogen-bond acceptors (Lipinski definition) is 5. The van der Waals surface area contributed by atoms with E-state index in [2.05, 4.69) is 10.4 Å². The van der Waals surface area contributed by atoms with Crippen LogP contribution in [0, 0.1) is 0 Å². The fraction of sp³-hybridized carbons (Fsp3) is 0.269. The molecule has 2 aliphatic heterocycles. The van der Waals surface area contributed by atoms with Crippen molar-refractivity contribution in [2.24, 2.45) is 5.10 Å². The van der Waals surface area contributed by atoms with Gasteiger partial charge in [0.05, 0.1) is 24.1 Å². The van der Waals surface area contributed by atoms with Gasteiger partial charge in [-0.3, -0.25) is 9.59 Å². The van der Waals surface area contributed by atoms with E-state index in [0.29, 0.717) is 28.5 Å². The van der Waals surface area contributed by atoms with E-state index in [0.717, 1.165) is 37.2 Å². The lowest BCUT2D eigenvalue weighted by Crippen LogP contribution is -2.33. The molecule has 2 aromatic carbocycles. The molecule has 2 aliphatic rings. The van der Waals surface area contributed by atoms with Crippen molar-refractivity contribution in [1.82, 2.24) is 9.91 Å². The minimum absolute atomic E-state index is 0.00109. The van der Waals surface area contributed by atoms with Gasteiger partial charge in [-0.1, -0.05) is 35.9 Å². The Hall–Kier alpha value is -3.58. The molecular formula is C26H25ClN4O3. The Morgan fingerprint density at radius 3 is 2.53 bits per heavy atom. The van der Waals surface area contributed by atoms with Crippen LogP contribution in [-0.2, 0) is 4.79 Å². The van der Waals surface area contributed by atoms with E-state index in [1.54, 1.807) is 18.4 Å². The molecule has 1 fully saturated rings. The molecule has 1 saturated heterocycles. The van der Waals surface area contributed by atoms with Gasteiger partial charge < -0.3 is 14.6 Å². The van der Waals surface area contributed by atoms with Crippen LogP contribution in [-0.4, -0.2) is 47.1 Å². The maximum absolute atomic E-state index is 13.3. The first kappa shape index (κ1) is 22.2. The molecule has 1 unspecified atom stereocenters. The molecule has 3 heterocycles. The topological polar surface area (TPSA) is 78.1 Å². The number of hydrogen-bond donors (Lipinski definition) is 1. The number of amides is 2. The third-order valence-corrected chi connectivity index (χ3v) is 6.45. The van der Waals surface area contributed by atoms with E-state index in [-0.39, 0.29) is 24.4 Å². The lowest BCUT2D eigenvalue weighted by Gasteiger charge is -2.21. The van der Waals surface area contributed by atoms with Crippen molar-refractivity contribution in [2.45, 2.75) is 25.3 Å². The highest BCUT2D eigenvalue weighted by Crippen LogP contribution is 2.33. The van der Waals surface area contributed by atoms with Gasteiger partial charge in [-0.2, -0.15) is 5.10 Å². The summed E-state index contributed by atoms with van der Waals surface area (Å²) >= 11 is 6.03. The summed E-state index contributed by atoms with van der Waals surface area (Å²) in [4.78, 5) is 28.1. The number of likely N-dealkylation sites (tertiary alicyclic amines) is 1. The van der Waals surface area contributed by atoms with Gasteiger partial charge in [0.15, 0.2) is 0 Å². The van der Waals surface area contributed by atoms with Gasteiger partial charge in [0.25, 0.3) is 11.8 Å². The van der Waals surface area contributed by atoms with Crippen LogP contribution in [0.15, 0.2) is 76.4 Å². The average Bonchev–Trinajstić information content (AvgIpc) is 3.64. The quantitative estimate of drug-likeness (QED) is 0.545. The van der Waals surface area contributed by atoms with Crippen LogP contribution in [0.1, 0.15) is 47.0 Å². The monoisotopic (exact) mass is 476 g/mol. The zero-order chi connectivity index (χ0) is 23.5. The Labute approximate surface area is 203 Å². The number of rotatable bonds is 6. The van der Waals surface area contributed by atoms with Gasteiger partial charge in [0.1, 0.15) is 11.8 Å². The molecule has 34 heavy (non-hydrogen) atoms. The van der Waals surface area contributed by atoms with Gasteiger partial charge >= 0.3 is 0 Å². The van der Waals surface area contributed by atoms with Crippen molar-refractivity contribution in [2.75, 3.05) is 25.0 Å². The van der Waals surface area contributed by atoms with Crippen LogP contribution >= 0.6 is 11.6 Å². The highest BCUT2D eigenvalue weighted by Gasteiger charge is 2.34. The molecule has 2 amide bonds. The van der Waals surface area contributed by atoms with Crippen molar-refractivity contribution < 1.29 is 14.0 Å². The summed E-state index contributed by atoms with van der Waals surface area (Å²) in [7, 11) is 0. The molecule has 7 nitrogen and oxygen atoms in total. The highest BCUT2D eigenvalue weighted by molar-refractivity contribution is 6.30. The van der Waals surface area contributed by atoms with Gasteiger partial charge in [0, 0.05) is 30.2 Å². The maximum atomic E-state index is 13.3. The van der Waals surface area contributed by atoms with Crippen molar-refractivity contribution in [3.8, 4) is 0 Å². The first-order valence-electron chi connectivity index (χ1n) is 11.4. The second-order valence-electron chi connectivity index (χ2n) is 8.43. The van der Waals surface area contributed by atoms with Crippen molar-refractivity contribution >= 4 is 34.8 Å². The number of carbonyl (C=O) groups is 2. The molecule has 0 bridgehead atoms. The van der Waals surface area contributed by atoms with Crippen molar-refractivity contribution in [1.29, 1.82) is 0 Å². The number of anilines is 1. The minimum atomic E-state index is -0.337. The predicted molar refractivity (Wildman–Crippen MR) is 131 cm³/mol. The standard InChI is InChI=1S/C26H25ClN4O3/c27-19-11-9-18(10-12-19)22-16-23(24-8-5-15-34-24)31(29-22)25(32)17-28-21-7-2-1-6-20(21)26(33)30-13-3-4-14-30/h1-2,5-12,15,23,28H,3-4,13-14,16-17H2. The van der Waals surface area contributed by atoms with E-state index in [1.807, 2.05) is 53.4 Å². The number of para-hydroxylation sites is 1. The van der Waals surface area contributed by atoms with Crippen molar-refractivity contribution in [3.63, 3.8) is 0 Å². The largest absolute Gasteiger partial charge is 0.467 e. The summed E-state index contributed by atoms with van der Waals surface area (Å²) in [5.41, 5.74) is 2.91. The number of nitrogens with zero attached hydrogens (tertiary/aromatic N) is 3. The molecule has 0 saturated carbocycles. The van der Waals surface area contributed by atoms with Crippen molar-refractivity contribution in [3.05, 3.63) is 88.8 Å². The SMILES string of the molecule is O=C(c1ccccc1NCC(=O)N1N=C(c2ccc(Cl)cc2)CC1c1ccco1)N1CCCC1. The predicted octanol–water partition coefficient (Wildman–Crippen LogP) is 4.96. The van der Waals surface area contributed by atoms with Gasteiger partial charge in [-0.15, -0.1) is 0 Å². The summed E-state index contributed by atoms with van der Waals surface area (Å²) in [6, 6.07) is 18.0. The number of furan rings is 1. The lowest BCUT2D eigenvalue weighted by molar-refractivity contribution is -0.131. The van der Waals surface area contributed by atoms with Crippen LogP contribution < -0.4 is 5.32 Å². The third kappa shape index (κ3) is 4.56.